The molecule has 0 saturated heterocycles. The van der Waals surface area contributed by atoms with E-state index in [1.807, 2.05) is 20.8 Å². The number of H-pyrrole nitrogens is 1. The predicted molar refractivity (Wildman–Crippen MR) is 71.9 cm³/mol. The number of carbonyl (C=O) groups excluding carboxylic acids is 1. The molecule has 1 aromatic rings. The van der Waals surface area contributed by atoms with Crippen LogP contribution in [0.4, 0.5) is 0 Å². The molecule has 1 heterocycles. The van der Waals surface area contributed by atoms with Crippen molar-refractivity contribution in [2.45, 2.75) is 64.9 Å². The highest BCUT2D eigenvalue weighted by Gasteiger charge is 2.31. The summed E-state index contributed by atoms with van der Waals surface area (Å²) < 4.78 is 5.37. The van der Waals surface area contributed by atoms with Gasteiger partial charge in [0.05, 0.1) is 0 Å². The van der Waals surface area contributed by atoms with E-state index in [4.69, 9.17) is 4.74 Å². The van der Waals surface area contributed by atoms with Gasteiger partial charge in [-0.1, -0.05) is 19.8 Å². The highest BCUT2D eigenvalue weighted by molar-refractivity contribution is 5.88. The first-order chi connectivity index (χ1) is 8.88. The second-order valence-corrected chi connectivity index (χ2v) is 6.39. The number of ether oxygens (including phenoxy) is 1. The highest BCUT2D eigenvalue weighted by Crippen LogP contribution is 2.37. The number of nitrogens with one attached hydrogen (secondary N) is 1. The normalized spacial score (nSPS) is 18.5. The van der Waals surface area contributed by atoms with Gasteiger partial charge in [-0.15, -0.1) is 5.10 Å². The summed E-state index contributed by atoms with van der Waals surface area (Å²) in [6, 6.07) is 0. The molecule has 5 nitrogen and oxygen atoms in total. The Balaban J connectivity index is 2.14. The molecule has 0 amide bonds. The van der Waals surface area contributed by atoms with Gasteiger partial charge in [-0.25, -0.2) is 4.79 Å². The summed E-state index contributed by atoms with van der Waals surface area (Å²) in [4.78, 5) is 12.1. The van der Waals surface area contributed by atoms with Gasteiger partial charge in [-0.2, -0.15) is 10.3 Å². The Morgan fingerprint density at radius 1 is 1.32 bits per heavy atom. The van der Waals surface area contributed by atoms with Crippen LogP contribution >= 0.6 is 0 Å². The topological polar surface area (TPSA) is 67.9 Å². The summed E-state index contributed by atoms with van der Waals surface area (Å²) in [5, 5.41) is 10.7. The molecule has 1 aliphatic rings. The summed E-state index contributed by atoms with van der Waals surface area (Å²) >= 11 is 0. The summed E-state index contributed by atoms with van der Waals surface area (Å²) in [6.45, 7) is 7.68. The molecule has 0 aliphatic heterocycles. The van der Waals surface area contributed by atoms with Gasteiger partial charge in [0.1, 0.15) is 11.3 Å². The van der Waals surface area contributed by atoms with Crippen molar-refractivity contribution in [1.82, 2.24) is 15.4 Å². The fourth-order valence-corrected chi connectivity index (χ4v) is 2.71. The summed E-state index contributed by atoms with van der Waals surface area (Å²) in [5.41, 5.74) is 0.583. The molecular weight excluding hydrogens is 242 g/mol. The molecule has 1 aromatic heterocycles. The third-order valence-corrected chi connectivity index (χ3v) is 3.71. The third-order valence-electron chi connectivity index (χ3n) is 3.71. The lowest BCUT2D eigenvalue weighted by molar-refractivity contribution is 0.00607. The van der Waals surface area contributed by atoms with Gasteiger partial charge in [0.2, 0.25) is 0 Å². The second-order valence-electron chi connectivity index (χ2n) is 6.39. The van der Waals surface area contributed by atoms with Gasteiger partial charge < -0.3 is 4.74 Å². The number of rotatable bonds is 3. The third kappa shape index (κ3) is 3.33. The summed E-state index contributed by atoms with van der Waals surface area (Å²) in [6.07, 6.45) is 4.97. The molecule has 106 valence electrons. The van der Waals surface area contributed by atoms with E-state index >= 15 is 0 Å². The number of aromatic nitrogens is 3. The van der Waals surface area contributed by atoms with Crippen LogP contribution in [0.1, 0.15) is 75.5 Å². The minimum absolute atomic E-state index is 0.253. The average molecular weight is 265 g/mol. The van der Waals surface area contributed by atoms with Gasteiger partial charge in [-0.05, 0) is 39.5 Å². The quantitative estimate of drug-likeness (QED) is 0.853. The zero-order chi connectivity index (χ0) is 14.0. The fourth-order valence-electron chi connectivity index (χ4n) is 2.71. The van der Waals surface area contributed by atoms with Crippen LogP contribution in [0.25, 0.3) is 0 Å². The van der Waals surface area contributed by atoms with E-state index in [-0.39, 0.29) is 11.9 Å². The van der Waals surface area contributed by atoms with Crippen LogP contribution in [0.15, 0.2) is 0 Å². The number of hydrogen-bond acceptors (Lipinski definition) is 4. The van der Waals surface area contributed by atoms with Crippen molar-refractivity contribution in [2.75, 3.05) is 0 Å². The standard InChI is InChI=1S/C14H23N3O2/c1-9(10-7-5-6-8-10)11-12(16-17-15-11)13(18)19-14(2,3)4/h9-10H,5-8H2,1-4H3,(H,15,16,17). The molecule has 0 radical (unpaired) electrons. The van der Waals surface area contributed by atoms with Crippen LogP contribution in [-0.2, 0) is 4.74 Å². The Morgan fingerprint density at radius 2 is 1.95 bits per heavy atom. The van der Waals surface area contributed by atoms with Gasteiger partial charge in [0.25, 0.3) is 0 Å². The minimum Gasteiger partial charge on any atom is -0.455 e. The first kappa shape index (κ1) is 14.0. The van der Waals surface area contributed by atoms with Crippen molar-refractivity contribution in [2.24, 2.45) is 5.92 Å². The van der Waals surface area contributed by atoms with Gasteiger partial charge in [0.15, 0.2) is 5.69 Å². The Kier molecular flexibility index (Phi) is 3.92. The lowest BCUT2D eigenvalue weighted by Crippen LogP contribution is -2.25. The Labute approximate surface area is 114 Å². The van der Waals surface area contributed by atoms with E-state index in [0.717, 1.165) is 5.69 Å². The first-order valence-electron chi connectivity index (χ1n) is 7.02. The summed E-state index contributed by atoms with van der Waals surface area (Å²) in [7, 11) is 0. The van der Waals surface area contributed by atoms with Gasteiger partial charge >= 0.3 is 5.97 Å². The number of hydrogen-bond donors (Lipinski definition) is 1. The van der Waals surface area contributed by atoms with Crippen molar-refractivity contribution >= 4 is 5.97 Å². The van der Waals surface area contributed by atoms with Crippen LogP contribution < -0.4 is 0 Å². The molecule has 1 saturated carbocycles. The average Bonchev–Trinajstić information content (AvgIpc) is 2.97. The van der Waals surface area contributed by atoms with E-state index in [1.54, 1.807) is 0 Å². The maximum Gasteiger partial charge on any atom is 0.361 e. The van der Waals surface area contributed by atoms with Crippen molar-refractivity contribution in [1.29, 1.82) is 0 Å². The van der Waals surface area contributed by atoms with E-state index in [1.165, 1.54) is 25.7 Å². The van der Waals surface area contributed by atoms with E-state index < -0.39 is 5.60 Å². The molecule has 0 bridgehead atoms. The Bertz CT molecular complexity index is 442. The second kappa shape index (κ2) is 5.31. The molecule has 19 heavy (non-hydrogen) atoms. The molecule has 1 aliphatic carbocycles. The Hall–Kier alpha value is -1.39. The fraction of sp³-hybridized carbons (Fsp3) is 0.786. The molecule has 0 aromatic carbocycles. The van der Waals surface area contributed by atoms with E-state index in [0.29, 0.717) is 11.6 Å². The lowest BCUT2D eigenvalue weighted by Gasteiger charge is -2.20. The number of carbonyl (C=O) groups is 1. The maximum absolute atomic E-state index is 12.1. The smallest absolute Gasteiger partial charge is 0.361 e. The van der Waals surface area contributed by atoms with Crippen molar-refractivity contribution in [3.63, 3.8) is 0 Å². The SMILES string of the molecule is CC(c1n[nH]nc1C(=O)OC(C)(C)C)C1CCCC1. The number of esters is 1. The zero-order valence-electron chi connectivity index (χ0n) is 12.2. The Morgan fingerprint density at radius 3 is 2.53 bits per heavy atom. The van der Waals surface area contributed by atoms with Crippen LogP contribution in [0.2, 0.25) is 0 Å². The molecule has 5 heteroatoms. The highest BCUT2D eigenvalue weighted by atomic mass is 16.6. The zero-order valence-corrected chi connectivity index (χ0v) is 12.2. The molecule has 1 unspecified atom stereocenters. The van der Waals surface area contributed by atoms with Gasteiger partial charge in [-0.3, -0.25) is 0 Å². The largest absolute Gasteiger partial charge is 0.455 e. The molecule has 1 fully saturated rings. The molecule has 1 N–H and O–H groups in total. The van der Waals surface area contributed by atoms with E-state index in [2.05, 4.69) is 22.3 Å². The monoisotopic (exact) mass is 265 g/mol. The van der Waals surface area contributed by atoms with Crippen LogP contribution in [0, 0.1) is 5.92 Å². The minimum atomic E-state index is -0.510. The summed E-state index contributed by atoms with van der Waals surface area (Å²) in [5.74, 6) is 0.469. The van der Waals surface area contributed by atoms with Crippen molar-refractivity contribution in [3.8, 4) is 0 Å². The van der Waals surface area contributed by atoms with Crippen LogP contribution in [-0.4, -0.2) is 27.0 Å². The molecule has 2 rings (SSSR count). The lowest BCUT2D eigenvalue weighted by atomic mass is 9.89. The predicted octanol–water partition coefficient (Wildman–Crippen LogP) is 3.05. The molecule has 1 atom stereocenters. The van der Waals surface area contributed by atoms with Crippen LogP contribution in [0.5, 0.6) is 0 Å². The number of aromatic amines is 1. The number of nitrogens with zero attached hydrogens (tertiary/aromatic N) is 2. The molecule has 0 spiro atoms. The van der Waals surface area contributed by atoms with Crippen molar-refractivity contribution < 1.29 is 9.53 Å². The molecular formula is C14H23N3O2. The maximum atomic E-state index is 12.1. The van der Waals surface area contributed by atoms with Gasteiger partial charge in [0, 0.05) is 5.92 Å². The first-order valence-corrected chi connectivity index (χ1v) is 7.02. The van der Waals surface area contributed by atoms with E-state index in [9.17, 15) is 4.79 Å². The van der Waals surface area contributed by atoms with Crippen molar-refractivity contribution in [3.05, 3.63) is 11.4 Å². The van der Waals surface area contributed by atoms with Crippen LogP contribution in [0.3, 0.4) is 0 Å².